The Labute approximate surface area is 133 Å². The number of nitrogens with one attached hydrogen (secondary N) is 1. The predicted molar refractivity (Wildman–Crippen MR) is 82.9 cm³/mol. The number of aromatic nitrogens is 2. The third-order valence-electron chi connectivity index (χ3n) is 3.08. The van der Waals surface area contributed by atoms with Crippen molar-refractivity contribution in [3.05, 3.63) is 53.3 Å². The molecule has 0 radical (unpaired) electrons. The van der Waals surface area contributed by atoms with E-state index in [1.807, 2.05) is 42.1 Å². The average Bonchev–Trinajstić information content (AvgIpc) is 2.90. The molecule has 0 aliphatic carbocycles. The lowest BCUT2D eigenvalue weighted by molar-refractivity contribution is -0.136. The minimum absolute atomic E-state index is 0.0485. The highest BCUT2D eigenvalue weighted by atomic mass is 16.5. The van der Waals surface area contributed by atoms with Crippen molar-refractivity contribution in [2.75, 3.05) is 6.54 Å². The summed E-state index contributed by atoms with van der Waals surface area (Å²) in [5.74, 6) is -0.966. The highest BCUT2D eigenvalue weighted by molar-refractivity contribution is 5.70. The molecule has 2 N–H and O–H groups in total. The molecular weight excluding hydrogens is 298 g/mol. The number of aryl methyl sites for hydroxylation is 1. The number of aliphatic carboxylic acids is 1. The van der Waals surface area contributed by atoms with Gasteiger partial charge in [-0.1, -0.05) is 24.3 Å². The molecule has 0 fully saturated rings. The number of ether oxygens (including phenoxy) is 1. The van der Waals surface area contributed by atoms with Gasteiger partial charge in [0.15, 0.2) is 0 Å². The largest absolute Gasteiger partial charge is 0.481 e. The number of nitrogens with zero attached hydrogens (tertiary/aromatic N) is 2. The van der Waals surface area contributed by atoms with Crippen molar-refractivity contribution in [2.24, 2.45) is 0 Å². The van der Waals surface area contributed by atoms with Gasteiger partial charge in [0.2, 0.25) is 0 Å². The Kier molecular flexibility index (Phi) is 5.74. The summed E-state index contributed by atoms with van der Waals surface area (Å²) in [6.07, 6.45) is 3.00. The lowest BCUT2D eigenvalue weighted by atomic mass is 10.1. The second-order valence-corrected chi connectivity index (χ2v) is 5.18. The van der Waals surface area contributed by atoms with Crippen LogP contribution in [0.2, 0.25) is 0 Å². The van der Waals surface area contributed by atoms with Crippen LogP contribution in [-0.2, 0) is 22.7 Å². The van der Waals surface area contributed by atoms with E-state index in [4.69, 9.17) is 9.84 Å². The molecular formula is C16H19N3O4. The van der Waals surface area contributed by atoms with Crippen LogP contribution in [0.25, 0.3) is 0 Å². The zero-order valence-electron chi connectivity index (χ0n) is 12.9. The Morgan fingerprint density at radius 1 is 1.35 bits per heavy atom. The standard InChI is InChI=1S/C16H19N3O4/c1-12-8-18-19(9-12)10-13-3-2-4-14(7-13)11-23-16(22)17-6-5-15(20)21/h2-4,7-9H,5-6,10-11H2,1H3,(H,17,22)(H,20,21). The molecule has 1 aromatic carbocycles. The molecule has 1 amide bonds. The van der Waals surface area contributed by atoms with Crippen molar-refractivity contribution < 1.29 is 19.4 Å². The van der Waals surface area contributed by atoms with Gasteiger partial charge in [0.25, 0.3) is 0 Å². The highest BCUT2D eigenvalue weighted by Gasteiger charge is 2.05. The van der Waals surface area contributed by atoms with Gasteiger partial charge in [-0.25, -0.2) is 4.79 Å². The summed E-state index contributed by atoms with van der Waals surface area (Å²) < 4.78 is 6.89. The van der Waals surface area contributed by atoms with E-state index in [1.54, 1.807) is 6.20 Å². The summed E-state index contributed by atoms with van der Waals surface area (Å²) >= 11 is 0. The summed E-state index contributed by atoms with van der Waals surface area (Å²) in [5, 5.41) is 15.1. The zero-order chi connectivity index (χ0) is 16.7. The van der Waals surface area contributed by atoms with E-state index in [9.17, 15) is 9.59 Å². The van der Waals surface area contributed by atoms with E-state index in [-0.39, 0.29) is 19.6 Å². The Hall–Kier alpha value is -2.83. The average molecular weight is 317 g/mol. The third kappa shape index (κ3) is 5.82. The maximum Gasteiger partial charge on any atom is 0.407 e. The number of amides is 1. The van der Waals surface area contributed by atoms with Crippen LogP contribution in [0, 0.1) is 6.92 Å². The van der Waals surface area contributed by atoms with Crippen molar-refractivity contribution in [1.82, 2.24) is 15.1 Å². The van der Waals surface area contributed by atoms with Gasteiger partial charge in [0.05, 0.1) is 19.2 Å². The smallest absolute Gasteiger partial charge is 0.407 e. The van der Waals surface area contributed by atoms with Crippen molar-refractivity contribution in [2.45, 2.75) is 26.5 Å². The number of benzene rings is 1. The van der Waals surface area contributed by atoms with Crippen LogP contribution < -0.4 is 5.32 Å². The van der Waals surface area contributed by atoms with Gasteiger partial charge in [0, 0.05) is 12.7 Å². The SMILES string of the molecule is Cc1cnn(Cc2cccc(COC(=O)NCCC(=O)O)c2)c1. The van der Waals surface area contributed by atoms with E-state index in [0.29, 0.717) is 6.54 Å². The van der Waals surface area contributed by atoms with Crippen molar-refractivity contribution >= 4 is 12.1 Å². The van der Waals surface area contributed by atoms with Crippen LogP contribution >= 0.6 is 0 Å². The monoisotopic (exact) mass is 317 g/mol. The van der Waals surface area contributed by atoms with Gasteiger partial charge in [-0.05, 0) is 23.6 Å². The molecule has 0 saturated carbocycles. The van der Waals surface area contributed by atoms with E-state index in [2.05, 4.69) is 10.4 Å². The number of hydrogen-bond donors (Lipinski definition) is 2. The van der Waals surface area contributed by atoms with Crippen LogP contribution in [0.5, 0.6) is 0 Å². The Bertz CT molecular complexity index is 681. The van der Waals surface area contributed by atoms with Crippen LogP contribution in [0.1, 0.15) is 23.1 Å². The molecule has 2 rings (SSSR count). The fraction of sp³-hybridized carbons (Fsp3) is 0.312. The topological polar surface area (TPSA) is 93.5 Å². The molecule has 2 aromatic rings. The van der Waals surface area contributed by atoms with Crippen molar-refractivity contribution in [3.8, 4) is 0 Å². The molecule has 0 spiro atoms. The van der Waals surface area contributed by atoms with Crippen LogP contribution in [-0.4, -0.2) is 33.5 Å². The van der Waals surface area contributed by atoms with Crippen LogP contribution in [0.3, 0.4) is 0 Å². The number of alkyl carbamates (subject to hydrolysis) is 1. The molecule has 1 heterocycles. The highest BCUT2D eigenvalue weighted by Crippen LogP contribution is 2.09. The van der Waals surface area contributed by atoms with E-state index in [1.165, 1.54) is 0 Å². The number of carboxylic acids is 1. The Morgan fingerprint density at radius 2 is 2.13 bits per heavy atom. The molecule has 23 heavy (non-hydrogen) atoms. The number of hydrogen-bond acceptors (Lipinski definition) is 4. The molecule has 0 aliphatic heterocycles. The van der Waals surface area contributed by atoms with Gasteiger partial charge in [-0.3, -0.25) is 9.48 Å². The van der Waals surface area contributed by atoms with Crippen molar-refractivity contribution in [1.29, 1.82) is 0 Å². The van der Waals surface area contributed by atoms with Gasteiger partial charge < -0.3 is 15.2 Å². The first-order valence-electron chi connectivity index (χ1n) is 7.22. The van der Waals surface area contributed by atoms with Gasteiger partial charge >= 0.3 is 12.1 Å². The normalized spacial score (nSPS) is 10.3. The first-order valence-corrected chi connectivity index (χ1v) is 7.22. The van der Waals surface area contributed by atoms with Crippen LogP contribution in [0.15, 0.2) is 36.7 Å². The van der Waals surface area contributed by atoms with E-state index < -0.39 is 12.1 Å². The maximum atomic E-state index is 11.4. The predicted octanol–water partition coefficient (Wildman–Crippen LogP) is 1.94. The number of carboxylic acid groups (broad SMARTS) is 1. The molecule has 0 atom stereocenters. The van der Waals surface area contributed by atoms with Crippen molar-refractivity contribution in [3.63, 3.8) is 0 Å². The Morgan fingerprint density at radius 3 is 2.83 bits per heavy atom. The lowest BCUT2D eigenvalue weighted by Crippen LogP contribution is -2.26. The number of carbonyl (C=O) groups is 2. The maximum absolute atomic E-state index is 11.4. The van der Waals surface area contributed by atoms with E-state index >= 15 is 0 Å². The van der Waals surface area contributed by atoms with Gasteiger partial charge in [-0.15, -0.1) is 0 Å². The van der Waals surface area contributed by atoms with Crippen LogP contribution in [0.4, 0.5) is 4.79 Å². The molecule has 7 heteroatoms. The molecule has 0 saturated heterocycles. The molecule has 7 nitrogen and oxygen atoms in total. The number of carbonyl (C=O) groups excluding carboxylic acids is 1. The molecule has 0 bridgehead atoms. The fourth-order valence-corrected chi connectivity index (χ4v) is 2.03. The quantitative estimate of drug-likeness (QED) is 0.814. The molecule has 0 unspecified atom stereocenters. The minimum Gasteiger partial charge on any atom is -0.481 e. The lowest BCUT2D eigenvalue weighted by Gasteiger charge is -2.08. The van der Waals surface area contributed by atoms with Gasteiger partial charge in [0.1, 0.15) is 6.61 Å². The summed E-state index contributed by atoms with van der Waals surface area (Å²) in [7, 11) is 0. The molecule has 0 aliphatic rings. The fourth-order valence-electron chi connectivity index (χ4n) is 2.03. The summed E-state index contributed by atoms with van der Waals surface area (Å²) in [6, 6.07) is 7.68. The molecule has 1 aromatic heterocycles. The minimum atomic E-state index is -0.966. The molecule has 122 valence electrons. The Balaban J connectivity index is 1.82. The summed E-state index contributed by atoms with van der Waals surface area (Å²) in [5.41, 5.74) is 3.02. The van der Waals surface area contributed by atoms with Gasteiger partial charge in [-0.2, -0.15) is 5.10 Å². The van der Waals surface area contributed by atoms with E-state index in [0.717, 1.165) is 16.7 Å². The second kappa shape index (κ2) is 7.98. The number of rotatable bonds is 7. The zero-order valence-corrected chi connectivity index (χ0v) is 12.9. The first-order chi connectivity index (χ1) is 11.0. The summed E-state index contributed by atoms with van der Waals surface area (Å²) in [4.78, 5) is 21.8. The third-order valence-corrected chi connectivity index (χ3v) is 3.08. The second-order valence-electron chi connectivity index (χ2n) is 5.18. The first kappa shape index (κ1) is 16.5. The summed E-state index contributed by atoms with van der Waals surface area (Å²) in [6.45, 7) is 2.81.